The molecule has 15 heavy (non-hydrogen) atoms. The minimum atomic E-state index is -0.563. The number of carbonyl (C=O) groups excluding carboxylic acids is 1. The smallest absolute Gasteiger partial charge is 0.325 e. The van der Waals surface area contributed by atoms with Crippen LogP contribution in [0.25, 0.3) is 0 Å². The van der Waals surface area contributed by atoms with E-state index in [1.165, 1.54) is 7.11 Å². The summed E-state index contributed by atoms with van der Waals surface area (Å²) in [5.74, 6) is 0.746. The first-order valence-electron chi connectivity index (χ1n) is 5.09. The molecule has 0 amide bonds. The molecule has 0 aromatic carbocycles. The zero-order chi connectivity index (χ0) is 11.3. The van der Waals surface area contributed by atoms with E-state index < -0.39 is 5.54 Å². The third-order valence-corrected chi connectivity index (χ3v) is 3.93. The van der Waals surface area contributed by atoms with Crippen molar-refractivity contribution in [2.24, 2.45) is 0 Å². The molecule has 1 N–H and O–H groups in total. The van der Waals surface area contributed by atoms with Crippen molar-refractivity contribution in [2.75, 3.05) is 33.1 Å². The van der Waals surface area contributed by atoms with E-state index in [0.717, 1.165) is 25.4 Å². The van der Waals surface area contributed by atoms with Crippen LogP contribution in [0.15, 0.2) is 0 Å². The Balaban J connectivity index is 2.28. The van der Waals surface area contributed by atoms with Crippen LogP contribution < -0.4 is 5.32 Å². The van der Waals surface area contributed by atoms with Gasteiger partial charge in [0.2, 0.25) is 0 Å². The zero-order valence-electron chi connectivity index (χ0n) is 9.54. The summed E-state index contributed by atoms with van der Waals surface area (Å²) in [6.45, 7) is 3.56. The van der Waals surface area contributed by atoms with Crippen LogP contribution in [0.4, 0.5) is 0 Å². The van der Waals surface area contributed by atoms with Crippen molar-refractivity contribution in [3.8, 4) is 0 Å². The molecule has 1 aliphatic heterocycles. The number of thioether (sulfide) groups is 1. The summed E-state index contributed by atoms with van der Waals surface area (Å²) < 4.78 is 9.85. The molecule has 5 heteroatoms. The summed E-state index contributed by atoms with van der Waals surface area (Å²) >= 11 is 1.86. The summed E-state index contributed by atoms with van der Waals surface area (Å²) in [6.07, 6.45) is 0.775. The van der Waals surface area contributed by atoms with Gasteiger partial charge in [0.25, 0.3) is 0 Å². The zero-order valence-corrected chi connectivity index (χ0v) is 10.4. The van der Waals surface area contributed by atoms with Crippen LogP contribution in [-0.4, -0.2) is 49.9 Å². The Hall–Kier alpha value is -0.260. The van der Waals surface area contributed by atoms with Gasteiger partial charge < -0.3 is 14.8 Å². The predicted molar refractivity (Wildman–Crippen MR) is 61.2 cm³/mol. The minimum absolute atomic E-state index is 0.199. The van der Waals surface area contributed by atoms with Gasteiger partial charge >= 0.3 is 5.97 Å². The maximum Gasteiger partial charge on any atom is 0.325 e. The van der Waals surface area contributed by atoms with Crippen molar-refractivity contribution in [3.63, 3.8) is 0 Å². The SMILES string of the molecule is CNC(C)(CCSC1COC1)C(=O)OC. The maximum absolute atomic E-state index is 11.5. The average Bonchev–Trinajstić information content (AvgIpc) is 2.20. The second-order valence-electron chi connectivity index (χ2n) is 3.85. The fourth-order valence-electron chi connectivity index (χ4n) is 1.29. The highest BCUT2D eigenvalue weighted by molar-refractivity contribution is 8.00. The van der Waals surface area contributed by atoms with Gasteiger partial charge in [-0.3, -0.25) is 4.79 Å². The Morgan fingerprint density at radius 3 is 2.73 bits per heavy atom. The van der Waals surface area contributed by atoms with Crippen molar-refractivity contribution < 1.29 is 14.3 Å². The van der Waals surface area contributed by atoms with Gasteiger partial charge in [0.05, 0.1) is 25.6 Å². The molecule has 0 aliphatic carbocycles. The number of likely N-dealkylation sites (N-methyl/N-ethyl adjacent to an activating group) is 1. The van der Waals surface area contributed by atoms with Gasteiger partial charge in [-0.1, -0.05) is 0 Å². The molecule has 0 bridgehead atoms. The number of rotatable bonds is 6. The van der Waals surface area contributed by atoms with Crippen LogP contribution in [0, 0.1) is 0 Å². The maximum atomic E-state index is 11.5. The van der Waals surface area contributed by atoms with Crippen molar-refractivity contribution in [3.05, 3.63) is 0 Å². The van der Waals surface area contributed by atoms with Gasteiger partial charge in [-0.25, -0.2) is 0 Å². The molecule has 1 aliphatic rings. The van der Waals surface area contributed by atoms with Crippen LogP contribution in [0.2, 0.25) is 0 Å². The van der Waals surface area contributed by atoms with Gasteiger partial charge in [0, 0.05) is 0 Å². The third-order valence-electron chi connectivity index (χ3n) is 2.75. The minimum Gasteiger partial charge on any atom is -0.468 e. The van der Waals surface area contributed by atoms with Crippen LogP contribution in [0.3, 0.4) is 0 Å². The molecule has 88 valence electrons. The second kappa shape index (κ2) is 5.72. The normalized spacial score (nSPS) is 20.5. The fourth-order valence-corrected chi connectivity index (χ4v) is 2.54. The standard InChI is InChI=1S/C10H19NO3S/c1-10(11-2,9(12)13-3)4-5-15-8-6-14-7-8/h8,11H,4-7H2,1-3H3. The molecule has 0 aromatic rings. The van der Waals surface area contributed by atoms with E-state index in [9.17, 15) is 4.79 Å². The van der Waals surface area contributed by atoms with E-state index in [4.69, 9.17) is 9.47 Å². The first-order chi connectivity index (χ1) is 7.12. The van der Waals surface area contributed by atoms with E-state index in [1.807, 2.05) is 18.7 Å². The molecule has 0 radical (unpaired) electrons. The van der Waals surface area contributed by atoms with Gasteiger partial charge in [-0.05, 0) is 26.1 Å². The largest absolute Gasteiger partial charge is 0.468 e. The van der Waals surface area contributed by atoms with Gasteiger partial charge in [-0.15, -0.1) is 0 Å². The Morgan fingerprint density at radius 1 is 1.67 bits per heavy atom. The molecule has 1 unspecified atom stereocenters. The van der Waals surface area contributed by atoms with Crippen molar-refractivity contribution in [1.82, 2.24) is 5.32 Å². The molecule has 0 spiro atoms. The number of hydrogen-bond donors (Lipinski definition) is 1. The quantitative estimate of drug-likeness (QED) is 0.683. The first kappa shape index (κ1) is 12.8. The Kier molecular flexibility index (Phi) is 4.89. The lowest BCUT2D eigenvalue weighted by atomic mass is 10.00. The number of esters is 1. The Bertz CT molecular complexity index is 221. The summed E-state index contributed by atoms with van der Waals surface area (Å²) in [5, 5.41) is 3.63. The average molecular weight is 233 g/mol. The number of hydrogen-bond acceptors (Lipinski definition) is 5. The summed E-state index contributed by atoms with van der Waals surface area (Å²) in [4.78, 5) is 11.5. The first-order valence-corrected chi connectivity index (χ1v) is 6.14. The Morgan fingerprint density at radius 2 is 2.33 bits per heavy atom. The lowest BCUT2D eigenvalue weighted by Gasteiger charge is -2.29. The molecule has 1 rings (SSSR count). The molecule has 1 atom stereocenters. The van der Waals surface area contributed by atoms with Crippen molar-refractivity contribution in [2.45, 2.75) is 24.1 Å². The van der Waals surface area contributed by atoms with Gasteiger partial charge in [-0.2, -0.15) is 11.8 Å². The third kappa shape index (κ3) is 3.36. The van der Waals surface area contributed by atoms with Crippen LogP contribution in [-0.2, 0) is 14.3 Å². The molecule has 1 saturated heterocycles. The van der Waals surface area contributed by atoms with E-state index in [-0.39, 0.29) is 5.97 Å². The second-order valence-corrected chi connectivity index (χ2v) is 5.26. The van der Waals surface area contributed by atoms with E-state index in [2.05, 4.69) is 5.32 Å². The van der Waals surface area contributed by atoms with Crippen molar-refractivity contribution in [1.29, 1.82) is 0 Å². The highest BCUT2D eigenvalue weighted by atomic mass is 32.2. The molecule has 4 nitrogen and oxygen atoms in total. The van der Waals surface area contributed by atoms with Gasteiger partial charge in [0.15, 0.2) is 0 Å². The van der Waals surface area contributed by atoms with Crippen LogP contribution >= 0.6 is 11.8 Å². The monoisotopic (exact) mass is 233 g/mol. The molecular formula is C10H19NO3S. The summed E-state index contributed by atoms with van der Waals surface area (Å²) in [6, 6.07) is 0. The Labute approximate surface area is 95.1 Å². The molecule has 0 saturated carbocycles. The van der Waals surface area contributed by atoms with Crippen LogP contribution in [0.1, 0.15) is 13.3 Å². The van der Waals surface area contributed by atoms with E-state index in [0.29, 0.717) is 5.25 Å². The molecule has 0 aromatic heterocycles. The van der Waals surface area contributed by atoms with Gasteiger partial charge in [0.1, 0.15) is 5.54 Å². The predicted octanol–water partition coefficient (Wildman–Crippen LogP) is 0.660. The summed E-state index contributed by atoms with van der Waals surface area (Å²) in [5.41, 5.74) is -0.563. The van der Waals surface area contributed by atoms with Crippen molar-refractivity contribution >= 4 is 17.7 Å². The number of nitrogens with one attached hydrogen (secondary N) is 1. The number of methoxy groups -OCH3 is 1. The molecule has 1 fully saturated rings. The van der Waals surface area contributed by atoms with Crippen LogP contribution in [0.5, 0.6) is 0 Å². The lowest BCUT2D eigenvalue weighted by molar-refractivity contribution is -0.147. The fraction of sp³-hybridized carbons (Fsp3) is 0.900. The molecule has 1 heterocycles. The highest BCUT2D eigenvalue weighted by Crippen LogP contribution is 2.23. The highest BCUT2D eigenvalue weighted by Gasteiger charge is 2.32. The number of carbonyl (C=O) groups is 1. The lowest BCUT2D eigenvalue weighted by Crippen LogP contribution is -2.49. The molecular weight excluding hydrogens is 214 g/mol. The topological polar surface area (TPSA) is 47.6 Å². The van der Waals surface area contributed by atoms with E-state index in [1.54, 1.807) is 7.05 Å². The summed E-state index contributed by atoms with van der Waals surface area (Å²) in [7, 11) is 3.21. The van der Waals surface area contributed by atoms with E-state index >= 15 is 0 Å². The number of ether oxygens (including phenoxy) is 2.